The molecule has 0 aromatic heterocycles. The highest BCUT2D eigenvalue weighted by Gasteiger charge is 2.24. The minimum absolute atomic E-state index is 0.234. The first-order valence-electron chi connectivity index (χ1n) is 5.34. The summed E-state index contributed by atoms with van der Waals surface area (Å²) < 4.78 is 77.9. The molecule has 0 spiro atoms. The third-order valence-electron chi connectivity index (χ3n) is 2.46. The van der Waals surface area contributed by atoms with Gasteiger partial charge in [0.15, 0.2) is 17.5 Å². The molecule has 21 heavy (non-hydrogen) atoms. The monoisotopic (exact) mass is 339 g/mol. The van der Waals surface area contributed by atoms with E-state index in [-0.39, 0.29) is 10.7 Å². The van der Waals surface area contributed by atoms with Crippen LogP contribution in [0.25, 0.3) is 0 Å². The minimum atomic E-state index is -4.56. The normalized spacial score (nSPS) is 11.5. The van der Waals surface area contributed by atoms with E-state index in [1.54, 1.807) is 0 Å². The van der Waals surface area contributed by atoms with Crippen molar-refractivity contribution in [1.29, 1.82) is 0 Å². The molecule has 0 unspecified atom stereocenters. The highest BCUT2D eigenvalue weighted by atomic mass is 35.5. The van der Waals surface area contributed by atoms with Crippen molar-refractivity contribution >= 4 is 27.3 Å². The fourth-order valence-electron chi connectivity index (χ4n) is 1.49. The van der Waals surface area contributed by atoms with Gasteiger partial charge < -0.3 is 0 Å². The highest BCUT2D eigenvalue weighted by Crippen LogP contribution is 2.27. The van der Waals surface area contributed by atoms with Crippen LogP contribution in [0.2, 0.25) is 5.02 Å². The maximum Gasteiger partial charge on any atom is 0.264 e. The molecule has 3 nitrogen and oxygen atoms in total. The summed E-state index contributed by atoms with van der Waals surface area (Å²) in [4.78, 5) is -1.10. The zero-order valence-corrected chi connectivity index (χ0v) is 11.6. The fraction of sp³-hybridized carbons (Fsp3) is 0. The Morgan fingerprint density at radius 3 is 2.24 bits per heavy atom. The summed E-state index contributed by atoms with van der Waals surface area (Å²) in [6.07, 6.45) is 0. The summed E-state index contributed by atoms with van der Waals surface area (Å²) in [7, 11) is -4.56. The molecule has 2 aromatic rings. The standard InChI is InChI=1S/C12H6ClF4NO2S/c13-7-5-6(14)1-3-9(7)18-21(19,20)10-4-2-8(15)11(16)12(10)17/h1-5,18H. The molecule has 0 saturated heterocycles. The molecule has 0 radical (unpaired) electrons. The minimum Gasteiger partial charge on any atom is -0.278 e. The fourth-order valence-corrected chi connectivity index (χ4v) is 2.91. The van der Waals surface area contributed by atoms with E-state index in [0.29, 0.717) is 12.1 Å². The molecule has 0 heterocycles. The van der Waals surface area contributed by atoms with Crippen molar-refractivity contribution in [1.82, 2.24) is 0 Å². The van der Waals surface area contributed by atoms with Crippen molar-refractivity contribution in [3.63, 3.8) is 0 Å². The molecule has 2 rings (SSSR count). The van der Waals surface area contributed by atoms with Crippen molar-refractivity contribution in [3.8, 4) is 0 Å². The first kappa shape index (κ1) is 15.6. The van der Waals surface area contributed by atoms with Gasteiger partial charge in [-0.3, -0.25) is 4.72 Å². The summed E-state index contributed by atoms with van der Waals surface area (Å²) in [5.74, 6) is -6.00. The number of hydrogen-bond donors (Lipinski definition) is 1. The smallest absolute Gasteiger partial charge is 0.264 e. The summed E-state index contributed by atoms with van der Waals surface area (Å²) in [6, 6.07) is 3.80. The Hall–Kier alpha value is -1.80. The van der Waals surface area contributed by atoms with Gasteiger partial charge >= 0.3 is 0 Å². The Morgan fingerprint density at radius 2 is 1.62 bits per heavy atom. The van der Waals surface area contributed by atoms with Crippen LogP contribution >= 0.6 is 11.6 Å². The molecule has 0 amide bonds. The van der Waals surface area contributed by atoms with Gasteiger partial charge in [-0.05, 0) is 30.3 Å². The molecule has 0 saturated carbocycles. The topological polar surface area (TPSA) is 46.2 Å². The van der Waals surface area contributed by atoms with Crippen LogP contribution in [-0.2, 0) is 10.0 Å². The van der Waals surface area contributed by atoms with Gasteiger partial charge in [0.1, 0.15) is 10.7 Å². The number of sulfonamides is 1. The van der Waals surface area contributed by atoms with E-state index >= 15 is 0 Å². The lowest BCUT2D eigenvalue weighted by Gasteiger charge is -2.10. The Bertz CT molecular complexity index is 811. The van der Waals surface area contributed by atoms with Gasteiger partial charge in [-0.15, -0.1) is 0 Å². The molecule has 1 N–H and O–H groups in total. The van der Waals surface area contributed by atoms with Crippen molar-refractivity contribution < 1.29 is 26.0 Å². The summed E-state index contributed by atoms with van der Waals surface area (Å²) in [5, 5.41) is -0.276. The van der Waals surface area contributed by atoms with Gasteiger partial charge in [-0.1, -0.05) is 11.6 Å². The van der Waals surface area contributed by atoms with Crippen LogP contribution in [0.5, 0.6) is 0 Å². The molecule has 2 aromatic carbocycles. The highest BCUT2D eigenvalue weighted by molar-refractivity contribution is 7.92. The zero-order chi connectivity index (χ0) is 15.8. The lowest BCUT2D eigenvalue weighted by Crippen LogP contribution is -2.16. The van der Waals surface area contributed by atoms with Crippen molar-refractivity contribution in [2.24, 2.45) is 0 Å². The number of anilines is 1. The Kier molecular flexibility index (Phi) is 4.11. The van der Waals surface area contributed by atoms with E-state index < -0.39 is 38.2 Å². The first-order valence-corrected chi connectivity index (χ1v) is 7.20. The molecule has 0 fully saturated rings. The van der Waals surface area contributed by atoms with Crippen molar-refractivity contribution in [2.45, 2.75) is 4.90 Å². The molecular weight excluding hydrogens is 334 g/mol. The second kappa shape index (κ2) is 5.53. The number of rotatable bonds is 3. The molecule has 0 aliphatic carbocycles. The van der Waals surface area contributed by atoms with Gasteiger partial charge in [-0.2, -0.15) is 0 Å². The van der Waals surface area contributed by atoms with Gasteiger partial charge in [0.05, 0.1) is 10.7 Å². The lowest BCUT2D eigenvalue weighted by molar-refractivity contribution is 0.432. The van der Waals surface area contributed by atoms with E-state index in [9.17, 15) is 26.0 Å². The van der Waals surface area contributed by atoms with E-state index in [4.69, 9.17) is 11.6 Å². The predicted octanol–water partition coefficient (Wildman–Crippen LogP) is 3.70. The second-order valence-corrected chi connectivity index (χ2v) is 5.96. The molecular formula is C12H6ClF4NO2S. The van der Waals surface area contributed by atoms with E-state index in [0.717, 1.165) is 18.2 Å². The largest absolute Gasteiger partial charge is 0.278 e. The Labute approximate surface area is 122 Å². The molecule has 112 valence electrons. The molecule has 0 aliphatic rings. The Morgan fingerprint density at radius 1 is 0.952 bits per heavy atom. The van der Waals surface area contributed by atoms with Crippen molar-refractivity contribution in [2.75, 3.05) is 4.72 Å². The predicted molar refractivity (Wildman–Crippen MR) is 68.5 cm³/mol. The average molecular weight is 340 g/mol. The van der Waals surface area contributed by atoms with Crippen LogP contribution in [0.1, 0.15) is 0 Å². The molecule has 0 bridgehead atoms. The zero-order valence-electron chi connectivity index (χ0n) is 10.0. The summed E-state index contributed by atoms with van der Waals surface area (Å²) in [5.41, 5.74) is -0.234. The average Bonchev–Trinajstić information content (AvgIpc) is 2.39. The number of benzene rings is 2. The third-order valence-corrected chi connectivity index (χ3v) is 4.16. The first-order chi connectivity index (χ1) is 9.72. The van der Waals surface area contributed by atoms with Crippen molar-refractivity contribution in [3.05, 3.63) is 58.6 Å². The van der Waals surface area contributed by atoms with E-state index in [1.807, 2.05) is 4.72 Å². The van der Waals surface area contributed by atoms with Gasteiger partial charge in [0.25, 0.3) is 10.0 Å². The van der Waals surface area contributed by atoms with Crippen LogP contribution in [0.15, 0.2) is 35.2 Å². The summed E-state index contributed by atoms with van der Waals surface area (Å²) >= 11 is 5.62. The van der Waals surface area contributed by atoms with Gasteiger partial charge in [0, 0.05) is 0 Å². The van der Waals surface area contributed by atoms with Gasteiger partial charge in [0.2, 0.25) is 0 Å². The van der Waals surface area contributed by atoms with Crippen LogP contribution in [0.3, 0.4) is 0 Å². The second-order valence-electron chi connectivity index (χ2n) is 3.90. The van der Waals surface area contributed by atoms with E-state index in [2.05, 4.69) is 0 Å². The maximum atomic E-state index is 13.5. The van der Waals surface area contributed by atoms with Gasteiger partial charge in [-0.25, -0.2) is 26.0 Å². The number of nitrogens with one attached hydrogen (secondary N) is 1. The molecule has 0 aliphatic heterocycles. The van der Waals surface area contributed by atoms with Crippen LogP contribution in [-0.4, -0.2) is 8.42 Å². The van der Waals surface area contributed by atoms with Crippen LogP contribution in [0, 0.1) is 23.3 Å². The number of hydrogen-bond acceptors (Lipinski definition) is 2. The number of halogens is 5. The Balaban J connectivity index is 2.46. The van der Waals surface area contributed by atoms with Crippen LogP contribution < -0.4 is 4.72 Å². The third kappa shape index (κ3) is 3.11. The SMILES string of the molecule is O=S(=O)(Nc1ccc(F)cc1Cl)c1ccc(F)c(F)c1F. The summed E-state index contributed by atoms with van der Waals surface area (Å²) in [6.45, 7) is 0. The quantitative estimate of drug-likeness (QED) is 0.684. The van der Waals surface area contributed by atoms with E-state index in [1.165, 1.54) is 0 Å². The maximum absolute atomic E-state index is 13.5. The molecule has 0 atom stereocenters. The molecule has 9 heteroatoms. The van der Waals surface area contributed by atoms with Crippen LogP contribution in [0.4, 0.5) is 23.2 Å². The lowest BCUT2D eigenvalue weighted by atomic mass is 10.3.